The molecular weight excluding hydrogens is 310 g/mol. The van der Waals surface area contributed by atoms with Crippen LogP contribution in [0.15, 0.2) is 47.6 Å². The molecule has 0 fully saturated rings. The van der Waals surface area contributed by atoms with E-state index in [4.69, 9.17) is 11.6 Å². The van der Waals surface area contributed by atoms with Gasteiger partial charge in [0.1, 0.15) is 0 Å². The number of hydrazone groups is 1. The van der Waals surface area contributed by atoms with Crippen LogP contribution in [-0.2, 0) is 0 Å². The molecule has 0 aliphatic carbocycles. The van der Waals surface area contributed by atoms with Crippen molar-refractivity contribution in [3.63, 3.8) is 0 Å². The number of amides is 1. The van der Waals surface area contributed by atoms with Crippen molar-refractivity contribution in [2.24, 2.45) is 5.10 Å². The minimum absolute atomic E-state index is 0.382. The van der Waals surface area contributed by atoms with Gasteiger partial charge in [-0.2, -0.15) is 5.10 Å². The molecule has 1 amide bonds. The van der Waals surface area contributed by atoms with Gasteiger partial charge >= 0.3 is 5.69 Å². The van der Waals surface area contributed by atoms with E-state index in [-0.39, 0.29) is 0 Å². The monoisotopic (exact) mass is 319 g/mol. The Balaban J connectivity index is 2.03. The van der Waals surface area contributed by atoms with Gasteiger partial charge in [0.15, 0.2) is 5.75 Å². The number of carbonyl (C=O) groups excluding carboxylic acids is 1. The summed E-state index contributed by atoms with van der Waals surface area (Å²) in [7, 11) is 0. The molecular formula is C14H10ClN3O4. The number of nitro benzene ring substituents is 1. The molecule has 0 aliphatic rings. The fourth-order valence-corrected chi connectivity index (χ4v) is 1.73. The van der Waals surface area contributed by atoms with Crippen LogP contribution in [0.3, 0.4) is 0 Å². The lowest BCUT2D eigenvalue weighted by Gasteiger charge is -2.00. The fraction of sp³-hybridized carbons (Fsp3) is 0. The van der Waals surface area contributed by atoms with Gasteiger partial charge in [0.2, 0.25) is 0 Å². The van der Waals surface area contributed by atoms with Gasteiger partial charge in [0.25, 0.3) is 5.91 Å². The number of carbonyl (C=O) groups is 1. The van der Waals surface area contributed by atoms with Crippen LogP contribution in [0.25, 0.3) is 0 Å². The minimum atomic E-state index is -0.696. The van der Waals surface area contributed by atoms with Crippen LogP contribution >= 0.6 is 11.6 Å². The molecule has 0 unspecified atom stereocenters. The molecule has 0 bridgehead atoms. The normalized spacial score (nSPS) is 10.6. The zero-order valence-corrected chi connectivity index (χ0v) is 11.8. The Morgan fingerprint density at radius 3 is 2.55 bits per heavy atom. The first-order valence-electron chi connectivity index (χ1n) is 6.04. The first-order valence-corrected chi connectivity index (χ1v) is 6.41. The van der Waals surface area contributed by atoms with E-state index in [9.17, 15) is 20.0 Å². The Bertz CT molecular complexity index is 744. The number of nitrogens with zero attached hydrogens (tertiary/aromatic N) is 2. The summed E-state index contributed by atoms with van der Waals surface area (Å²) >= 11 is 5.72. The Hall–Kier alpha value is -2.93. The van der Waals surface area contributed by atoms with Crippen molar-refractivity contribution in [2.75, 3.05) is 0 Å². The summed E-state index contributed by atoms with van der Waals surface area (Å²) in [5, 5.41) is 24.3. The molecule has 0 aliphatic heterocycles. The lowest BCUT2D eigenvalue weighted by molar-refractivity contribution is -0.385. The molecule has 2 aromatic rings. The van der Waals surface area contributed by atoms with Gasteiger partial charge in [0, 0.05) is 16.7 Å². The molecule has 0 saturated heterocycles. The van der Waals surface area contributed by atoms with E-state index in [1.807, 2.05) is 0 Å². The summed E-state index contributed by atoms with van der Waals surface area (Å²) in [4.78, 5) is 21.6. The van der Waals surface area contributed by atoms with Gasteiger partial charge in [0.05, 0.1) is 11.1 Å². The minimum Gasteiger partial charge on any atom is -0.502 e. The molecule has 112 valence electrons. The third-order valence-corrected chi connectivity index (χ3v) is 2.93. The highest BCUT2D eigenvalue weighted by Crippen LogP contribution is 2.25. The molecule has 22 heavy (non-hydrogen) atoms. The third kappa shape index (κ3) is 3.80. The molecule has 2 aromatic carbocycles. The lowest BCUT2D eigenvalue weighted by Crippen LogP contribution is -2.17. The van der Waals surface area contributed by atoms with E-state index in [2.05, 4.69) is 10.5 Å². The van der Waals surface area contributed by atoms with Gasteiger partial charge in [-0.3, -0.25) is 14.9 Å². The first kappa shape index (κ1) is 15.5. The zero-order valence-electron chi connectivity index (χ0n) is 11.1. The van der Waals surface area contributed by atoms with E-state index < -0.39 is 22.3 Å². The van der Waals surface area contributed by atoms with Crippen LogP contribution in [0, 0.1) is 10.1 Å². The largest absolute Gasteiger partial charge is 0.502 e. The van der Waals surface area contributed by atoms with Crippen molar-refractivity contribution in [1.82, 2.24) is 5.43 Å². The predicted octanol–water partition coefficient (Wildman–Crippen LogP) is 2.72. The van der Waals surface area contributed by atoms with Crippen molar-refractivity contribution in [2.45, 2.75) is 0 Å². The number of halogens is 1. The van der Waals surface area contributed by atoms with Crippen LogP contribution in [0.4, 0.5) is 5.69 Å². The lowest BCUT2D eigenvalue weighted by atomic mass is 10.2. The summed E-state index contributed by atoms with van der Waals surface area (Å²) in [5.74, 6) is -0.906. The number of aromatic hydroxyl groups is 1. The van der Waals surface area contributed by atoms with Crippen LogP contribution in [0.1, 0.15) is 15.9 Å². The number of hydrogen-bond acceptors (Lipinski definition) is 5. The number of nitro groups is 1. The van der Waals surface area contributed by atoms with Gasteiger partial charge < -0.3 is 5.11 Å². The topological polar surface area (TPSA) is 105 Å². The van der Waals surface area contributed by atoms with Crippen LogP contribution < -0.4 is 5.43 Å². The molecule has 0 heterocycles. The number of rotatable bonds is 4. The van der Waals surface area contributed by atoms with E-state index in [0.29, 0.717) is 16.1 Å². The van der Waals surface area contributed by atoms with Gasteiger partial charge in [-0.05, 0) is 42.0 Å². The maximum atomic E-state index is 11.7. The number of phenolic OH excluding ortho intramolecular Hbond substituents is 1. The summed E-state index contributed by atoms with van der Waals surface area (Å²) in [6.45, 7) is 0. The van der Waals surface area contributed by atoms with Crippen molar-refractivity contribution in [1.29, 1.82) is 0 Å². The SMILES string of the molecule is O=C(N/N=C/c1ccc([N+](=O)[O-])c(O)c1)c1ccc(Cl)cc1. The molecule has 2 N–H and O–H groups in total. The van der Waals surface area contributed by atoms with Crippen molar-refractivity contribution < 1.29 is 14.8 Å². The highest BCUT2D eigenvalue weighted by molar-refractivity contribution is 6.30. The van der Waals surface area contributed by atoms with Gasteiger partial charge in [-0.15, -0.1) is 0 Å². The van der Waals surface area contributed by atoms with E-state index in [1.54, 1.807) is 24.3 Å². The number of benzene rings is 2. The van der Waals surface area contributed by atoms with Crippen molar-refractivity contribution in [3.05, 3.63) is 68.7 Å². The van der Waals surface area contributed by atoms with Crippen LogP contribution in [-0.4, -0.2) is 22.2 Å². The average molecular weight is 320 g/mol. The number of hydrogen-bond donors (Lipinski definition) is 2. The second-order valence-corrected chi connectivity index (χ2v) is 4.65. The van der Waals surface area contributed by atoms with Crippen molar-refractivity contribution in [3.8, 4) is 5.75 Å². The quantitative estimate of drug-likeness (QED) is 0.513. The Morgan fingerprint density at radius 2 is 1.95 bits per heavy atom. The smallest absolute Gasteiger partial charge is 0.310 e. The second kappa shape index (κ2) is 6.68. The molecule has 0 aromatic heterocycles. The standard InChI is InChI=1S/C14H10ClN3O4/c15-11-4-2-10(3-5-11)14(20)17-16-8-9-1-6-12(18(21)22)13(19)7-9/h1-8,19H,(H,17,20)/b16-8+. The molecule has 0 atom stereocenters. The van der Waals surface area contributed by atoms with E-state index in [0.717, 1.165) is 6.07 Å². The number of nitrogens with one attached hydrogen (secondary N) is 1. The van der Waals surface area contributed by atoms with Gasteiger partial charge in [-0.1, -0.05) is 11.6 Å². The Labute approximate surface area is 130 Å². The zero-order chi connectivity index (χ0) is 16.1. The predicted molar refractivity (Wildman–Crippen MR) is 81.3 cm³/mol. The van der Waals surface area contributed by atoms with Crippen LogP contribution in [0.5, 0.6) is 5.75 Å². The number of phenols is 1. The summed E-state index contributed by atoms with van der Waals surface area (Å²) in [6, 6.07) is 9.97. The molecule has 2 rings (SSSR count). The molecule has 0 spiro atoms. The fourth-order valence-electron chi connectivity index (χ4n) is 1.61. The van der Waals surface area contributed by atoms with E-state index in [1.165, 1.54) is 18.3 Å². The highest BCUT2D eigenvalue weighted by atomic mass is 35.5. The first-order chi connectivity index (χ1) is 10.5. The summed E-state index contributed by atoms with van der Waals surface area (Å²) in [5.41, 5.74) is 2.68. The Kier molecular flexibility index (Phi) is 4.70. The van der Waals surface area contributed by atoms with Crippen LogP contribution in [0.2, 0.25) is 5.02 Å². The summed E-state index contributed by atoms with van der Waals surface area (Å²) in [6.07, 6.45) is 1.26. The Morgan fingerprint density at radius 1 is 1.27 bits per heavy atom. The summed E-state index contributed by atoms with van der Waals surface area (Å²) < 4.78 is 0. The highest BCUT2D eigenvalue weighted by Gasteiger charge is 2.12. The van der Waals surface area contributed by atoms with Gasteiger partial charge in [-0.25, -0.2) is 5.43 Å². The van der Waals surface area contributed by atoms with Crippen molar-refractivity contribution >= 4 is 29.4 Å². The molecule has 0 radical (unpaired) electrons. The maximum absolute atomic E-state index is 11.7. The molecule has 7 nitrogen and oxygen atoms in total. The third-order valence-electron chi connectivity index (χ3n) is 2.68. The van der Waals surface area contributed by atoms with E-state index >= 15 is 0 Å². The molecule has 0 saturated carbocycles. The average Bonchev–Trinajstić information content (AvgIpc) is 2.47. The maximum Gasteiger partial charge on any atom is 0.310 e. The molecule has 8 heteroatoms. The second-order valence-electron chi connectivity index (χ2n) is 4.21.